The Kier molecular flexibility index (Phi) is 3.28. The molecule has 1 rings (SSSR count). The average molecular weight is 217 g/mol. The predicted octanol–water partition coefficient (Wildman–Crippen LogP) is -0.305. The van der Waals surface area contributed by atoms with Gasteiger partial charge in [-0.3, -0.25) is 0 Å². The fraction of sp³-hybridized carbons (Fsp3) is 0.625. The van der Waals surface area contributed by atoms with Crippen LogP contribution in [0.25, 0.3) is 0 Å². The van der Waals surface area contributed by atoms with Gasteiger partial charge in [-0.1, -0.05) is 0 Å². The highest BCUT2D eigenvalue weighted by Crippen LogP contribution is 2.04. The van der Waals surface area contributed by atoms with E-state index in [0.717, 1.165) is 11.5 Å². The van der Waals surface area contributed by atoms with E-state index < -0.39 is 9.84 Å². The topological polar surface area (TPSA) is 78.0 Å². The number of nitrogens with zero attached hydrogens (tertiary/aromatic N) is 2. The number of sulfone groups is 1. The number of hydrogen-bond donors (Lipinski definition) is 1. The second-order valence-corrected chi connectivity index (χ2v) is 5.54. The van der Waals surface area contributed by atoms with Gasteiger partial charge in [0.05, 0.1) is 11.4 Å². The van der Waals surface area contributed by atoms with E-state index >= 15 is 0 Å². The zero-order valence-corrected chi connectivity index (χ0v) is 9.21. The summed E-state index contributed by atoms with van der Waals surface area (Å²) in [5, 5.41) is 0. The Morgan fingerprint density at radius 3 is 2.71 bits per heavy atom. The molecule has 0 aliphatic heterocycles. The lowest BCUT2D eigenvalue weighted by atomic mass is 10.4. The molecule has 0 amide bonds. The van der Waals surface area contributed by atoms with Gasteiger partial charge in [0.25, 0.3) is 0 Å². The molecule has 1 heterocycles. The molecule has 6 heteroatoms. The normalized spacial score (nSPS) is 11.9. The molecule has 0 fully saturated rings. The Bertz CT molecular complexity index is 408. The smallest absolute Gasteiger partial charge is 0.149 e. The maximum absolute atomic E-state index is 11.0. The van der Waals surface area contributed by atoms with Crippen molar-refractivity contribution >= 4 is 9.84 Å². The summed E-state index contributed by atoms with van der Waals surface area (Å²) < 4.78 is 23.8. The minimum Gasteiger partial charge on any atom is -0.330 e. The minimum absolute atomic E-state index is 0.122. The number of hydrogen-bond acceptors (Lipinski definition) is 4. The van der Waals surface area contributed by atoms with Crippen molar-refractivity contribution in [1.29, 1.82) is 0 Å². The highest BCUT2D eigenvalue weighted by Gasteiger charge is 2.08. The van der Waals surface area contributed by atoms with E-state index in [9.17, 15) is 8.42 Å². The molecule has 80 valence electrons. The Morgan fingerprint density at radius 2 is 2.21 bits per heavy atom. The molecule has 0 aliphatic rings. The van der Waals surface area contributed by atoms with Gasteiger partial charge in [0.15, 0.2) is 0 Å². The van der Waals surface area contributed by atoms with Crippen molar-refractivity contribution in [3.8, 4) is 0 Å². The van der Waals surface area contributed by atoms with Crippen molar-refractivity contribution < 1.29 is 8.42 Å². The number of nitrogens with two attached hydrogens (primary N) is 1. The van der Waals surface area contributed by atoms with Crippen LogP contribution in [-0.2, 0) is 22.9 Å². The Hall–Kier alpha value is -0.880. The van der Waals surface area contributed by atoms with Gasteiger partial charge in [-0.05, 0) is 6.92 Å². The van der Waals surface area contributed by atoms with Crippen molar-refractivity contribution in [2.75, 3.05) is 12.0 Å². The van der Waals surface area contributed by atoms with Crippen LogP contribution in [0.1, 0.15) is 11.5 Å². The van der Waals surface area contributed by atoms with Crippen molar-refractivity contribution in [3.05, 3.63) is 17.7 Å². The first kappa shape index (κ1) is 11.2. The predicted molar refractivity (Wildman–Crippen MR) is 54.6 cm³/mol. The van der Waals surface area contributed by atoms with Crippen LogP contribution in [0.2, 0.25) is 0 Å². The standard InChI is InChI=1S/C8H15N3O2S/c1-7-10-6-8(5-9)11(7)3-4-14(2,12)13/h6H,3-5,9H2,1-2H3. The van der Waals surface area contributed by atoms with E-state index in [2.05, 4.69) is 4.98 Å². The lowest BCUT2D eigenvalue weighted by molar-refractivity contribution is 0.590. The third kappa shape index (κ3) is 2.81. The summed E-state index contributed by atoms with van der Waals surface area (Å²) in [6.07, 6.45) is 2.90. The summed E-state index contributed by atoms with van der Waals surface area (Å²) in [6.45, 7) is 2.64. The third-order valence-corrected chi connectivity index (χ3v) is 2.96. The largest absolute Gasteiger partial charge is 0.330 e. The molecule has 0 atom stereocenters. The maximum atomic E-state index is 11.0. The lowest BCUT2D eigenvalue weighted by Crippen LogP contribution is -2.15. The molecule has 1 aromatic heterocycles. The SMILES string of the molecule is Cc1ncc(CN)n1CCS(C)(=O)=O. The Balaban J connectivity index is 2.80. The van der Waals surface area contributed by atoms with E-state index in [1.54, 1.807) is 6.20 Å². The number of aryl methyl sites for hydroxylation is 1. The maximum Gasteiger partial charge on any atom is 0.149 e. The molecule has 0 spiro atoms. The van der Waals surface area contributed by atoms with E-state index in [1.807, 2.05) is 11.5 Å². The van der Waals surface area contributed by atoms with Crippen molar-refractivity contribution in [1.82, 2.24) is 9.55 Å². The van der Waals surface area contributed by atoms with Gasteiger partial charge in [-0.15, -0.1) is 0 Å². The first-order valence-corrected chi connectivity index (χ1v) is 6.39. The number of aromatic nitrogens is 2. The first-order valence-electron chi connectivity index (χ1n) is 4.33. The van der Waals surface area contributed by atoms with Gasteiger partial charge in [0, 0.05) is 25.5 Å². The zero-order valence-electron chi connectivity index (χ0n) is 8.40. The molecule has 0 aliphatic carbocycles. The van der Waals surface area contributed by atoms with Crippen molar-refractivity contribution in [3.63, 3.8) is 0 Å². The third-order valence-electron chi connectivity index (χ3n) is 2.03. The van der Waals surface area contributed by atoms with Crippen molar-refractivity contribution in [2.45, 2.75) is 20.0 Å². The molecule has 2 N–H and O–H groups in total. The Labute approximate surface area is 83.9 Å². The Morgan fingerprint density at radius 1 is 1.57 bits per heavy atom. The van der Waals surface area contributed by atoms with Gasteiger partial charge in [-0.25, -0.2) is 13.4 Å². The van der Waals surface area contributed by atoms with Gasteiger partial charge in [0.2, 0.25) is 0 Å². The fourth-order valence-corrected chi connectivity index (χ4v) is 1.75. The summed E-state index contributed by atoms with van der Waals surface area (Å²) in [4.78, 5) is 4.08. The van der Waals surface area contributed by atoms with Crippen LogP contribution in [0, 0.1) is 6.92 Å². The molecular formula is C8H15N3O2S. The van der Waals surface area contributed by atoms with Gasteiger partial charge < -0.3 is 10.3 Å². The highest BCUT2D eigenvalue weighted by atomic mass is 32.2. The molecule has 1 aromatic rings. The van der Waals surface area contributed by atoms with Crippen LogP contribution in [0.4, 0.5) is 0 Å². The summed E-state index contributed by atoms with van der Waals surface area (Å²) in [5.74, 6) is 0.922. The second kappa shape index (κ2) is 4.10. The van der Waals surface area contributed by atoms with E-state index in [-0.39, 0.29) is 5.75 Å². The van der Waals surface area contributed by atoms with Crippen LogP contribution in [-0.4, -0.2) is 30.0 Å². The summed E-state index contributed by atoms with van der Waals surface area (Å²) in [6, 6.07) is 0. The number of rotatable bonds is 4. The van der Waals surface area contributed by atoms with E-state index in [1.165, 1.54) is 6.26 Å². The van der Waals surface area contributed by atoms with Gasteiger partial charge >= 0.3 is 0 Å². The second-order valence-electron chi connectivity index (χ2n) is 3.28. The molecule has 14 heavy (non-hydrogen) atoms. The quantitative estimate of drug-likeness (QED) is 0.750. The van der Waals surface area contributed by atoms with Crippen molar-refractivity contribution in [2.24, 2.45) is 5.73 Å². The van der Waals surface area contributed by atoms with E-state index in [0.29, 0.717) is 13.1 Å². The molecule has 0 aromatic carbocycles. The molecule has 0 saturated carbocycles. The summed E-state index contributed by atoms with van der Waals surface area (Å²) in [5.41, 5.74) is 6.36. The molecule has 0 radical (unpaired) electrons. The van der Waals surface area contributed by atoms with Crippen LogP contribution in [0.5, 0.6) is 0 Å². The fourth-order valence-electron chi connectivity index (χ4n) is 1.24. The van der Waals surface area contributed by atoms with E-state index in [4.69, 9.17) is 5.73 Å². The molecule has 0 bridgehead atoms. The highest BCUT2D eigenvalue weighted by molar-refractivity contribution is 7.90. The molecule has 0 unspecified atom stereocenters. The summed E-state index contributed by atoms with van der Waals surface area (Å²) >= 11 is 0. The lowest BCUT2D eigenvalue weighted by Gasteiger charge is -2.07. The van der Waals surface area contributed by atoms with Crippen LogP contribution >= 0.6 is 0 Å². The monoisotopic (exact) mass is 217 g/mol. The van der Waals surface area contributed by atoms with Crippen LogP contribution in [0.15, 0.2) is 6.20 Å². The molecule has 0 saturated heterocycles. The van der Waals surface area contributed by atoms with Gasteiger partial charge in [-0.2, -0.15) is 0 Å². The van der Waals surface area contributed by atoms with Crippen LogP contribution < -0.4 is 5.73 Å². The number of imidazole rings is 1. The first-order chi connectivity index (χ1) is 6.44. The minimum atomic E-state index is -2.93. The molecule has 5 nitrogen and oxygen atoms in total. The summed E-state index contributed by atoms with van der Waals surface area (Å²) in [7, 11) is -2.93. The zero-order chi connectivity index (χ0) is 10.8. The average Bonchev–Trinajstić information content (AvgIpc) is 2.41. The van der Waals surface area contributed by atoms with Gasteiger partial charge in [0.1, 0.15) is 15.7 Å². The molecular weight excluding hydrogens is 202 g/mol. The van der Waals surface area contributed by atoms with Crippen LogP contribution in [0.3, 0.4) is 0 Å².